The Morgan fingerprint density at radius 3 is 1.90 bits per heavy atom. The molecule has 39 heavy (non-hydrogen) atoms. The van der Waals surface area contributed by atoms with Gasteiger partial charge in [0.2, 0.25) is 5.91 Å². The van der Waals surface area contributed by atoms with E-state index in [4.69, 9.17) is 24.7 Å². The highest BCUT2D eigenvalue weighted by atomic mass is 16.6. The lowest BCUT2D eigenvalue weighted by Crippen LogP contribution is -2.47. The molecule has 0 unspecified atom stereocenters. The lowest BCUT2D eigenvalue weighted by atomic mass is 9.98. The lowest BCUT2D eigenvalue weighted by Gasteiger charge is -2.29. The first kappa shape index (κ1) is 27.3. The van der Waals surface area contributed by atoms with Crippen molar-refractivity contribution in [2.24, 2.45) is 5.73 Å². The van der Waals surface area contributed by atoms with Gasteiger partial charge in [-0.3, -0.25) is 9.69 Å². The van der Waals surface area contributed by atoms with Crippen LogP contribution in [0.3, 0.4) is 0 Å². The number of methoxy groups -OCH3 is 3. The normalized spacial score (nSPS) is 12.6. The summed E-state index contributed by atoms with van der Waals surface area (Å²) in [4.78, 5) is 38.5. The molecule has 0 spiro atoms. The maximum atomic E-state index is 13.6. The van der Waals surface area contributed by atoms with Crippen molar-refractivity contribution in [3.05, 3.63) is 77.4 Å². The number of carboxylic acid groups (broad SMARTS) is 1. The van der Waals surface area contributed by atoms with Gasteiger partial charge in [0.1, 0.15) is 29.9 Å². The minimum atomic E-state index is -1.59. The molecule has 3 N–H and O–H groups in total. The molecule has 0 radical (unpaired) electrons. The van der Waals surface area contributed by atoms with E-state index in [0.29, 0.717) is 22.8 Å². The Morgan fingerprint density at radius 1 is 0.897 bits per heavy atom. The van der Waals surface area contributed by atoms with Crippen molar-refractivity contribution < 1.29 is 38.4 Å². The Bertz CT molecular complexity index is 1320. The highest BCUT2D eigenvalue weighted by Gasteiger charge is 2.36. The molecular formula is C29H30N2O8. The topological polar surface area (TPSA) is 138 Å². The van der Waals surface area contributed by atoms with E-state index in [0.717, 1.165) is 27.2 Å². The molecule has 0 aliphatic heterocycles. The molecule has 0 saturated heterocycles. The van der Waals surface area contributed by atoms with Crippen molar-refractivity contribution in [1.82, 2.24) is 4.90 Å². The van der Waals surface area contributed by atoms with Gasteiger partial charge in [-0.25, -0.2) is 9.59 Å². The van der Waals surface area contributed by atoms with E-state index in [9.17, 15) is 19.5 Å². The second kappa shape index (κ2) is 11.8. The Labute approximate surface area is 225 Å². The number of benzene rings is 3. The van der Waals surface area contributed by atoms with Crippen LogP contribution in [0.15, 0.2) is 60.7 Å². The third-order valence-corrected chi connectivity index (χ3v) is 6.77. The van der Waals surface area contributed by atoms with Crippen molar-refractivity contribution in [2.75, 3.05) is 27.9 Å². The number of hydrogen-bond donors (Lipinski definition) is 2. The number of amides is 2. The van der Waals surface area contributed by atoms with Crippen molar-refractivity contribution in [3.63, 3.8) is 0 Å². The van der Waals surface area contributed by atoms with E-state index in [1.807, 2.05) is 48.5 Å². The van der Waals surface area contributed by atoms with E-state index in [1.54, 1.807) is 12.1 Å². The predicted molar refractivity (Wildman–Crippen MR) is 142 cm³/mol. The summed E-state index contributed by atoms with van der Waals surface area (Å²) in [5, 5.41) is 9.95. The lowest BCUT2D eigenvalue weighted by molar-refractivity contribution is -0.145. The van der Waals surface area contributed by atoms with Crippen LogP contribution >= 0.6 is 0 Å². The van der Waals surface area contributed by atoms with Crippen LogP contribution in [0.2, 0.25) is 0 Å². The van der Waals surface area contributed by atoms with Crippen molar-refractivity contribution in [1.29, 1.82) is 0 Å². The molecule has 0 heterocycles. The minimum Gasteiger partial charge on any atom is -0.496 e. The summed E-state index contributed by atoms with van der Waals surface area (Å²) in [7, 11) is 4.32. The van der Waals surface area contributed by atoms with Gasteiger partial charge in [-0.2, -0.15) is 0 Å². The fraction of sp³-hybridized carbons (Fsp3) is 0.276. The van der Waals surface area contributed by atoms with Crippen molar-refractivity contribution in [2.45, 2.75) is 24.9 Å². The molecule has 1 atom stereocenters. The number of rotatable bonds is 11. The SMILES string of the molecule is COc1cc(OC)c(CN(C(=O)OCC2c3ccccc3-c3ccccc32)[C@@H](CC(N)=O)C(=O)O)c(OC)c1. The quantitative estimate of drug-likeness (QED) is 0.379. The Hall–Kier alpha value is -4.73. The predicted octanol–water partition coefficient (Wildman–Crippen LogP) is 3.79. The molecule has 2 amide bonds. The minimum absolute atomic E-state index is 0.0385. The zero-order valence-electron chi connectivity index (χ0n) is 21.9. The average molecular weight is 535 g/mol. The molecule has 0 fully saturated rings. The first-order valence-corrected chi connectivity index (χ1v) is 12.2. The van der Waals surface area contributed by atoms with E-state index in [-0.39, 0.29) is 19.1 Å². The Morgan fingerprint density at radius 2 is 1.44 bits per heavy atom. The van der Waals surface area contributed by atoms with Crippen LogP contribution in [0.4, 0.5) is 4.79 Å². The zero-order valence-corrected chi connectivity index (χ0v) is 21.9. The molecule has 3 aromatic carbocycles. The monoisotopic (exact) mass is 534 g/mol. The number of nitrogens with zero attached hydrogens (tertiary/aromatic N) is 1. The number of hydrogen-bond acceptors (Lipinski definition) is 7. The Kier molecular flexibility index (Phi) is 8.24. The molecule has 0 bridgehead atoms. The van der Waals surface area contributed by atoms with E-state index >= 15 is 0 Å². The van der Waals surface area contributed by atoms with Crippen LogP contribution in [0, 0.1) is 0 Å². The standard InChI is InChI=1S/C29H30N2O8/c1-36-17-12-25(37-2)22(26(13-17)38-3)15-31(24(28(33)34)14-27(30)32)29(35)39-16-23-20-10-6-4-8-18(20)19-9-5-7-11-21(19)23/h4-13,23-24H,14-16H2,1-3H3,(H2,30,32)(H,33,34)/t24-/m0/s1. The molecule has 0 aromatic heterocycles. The van der Waals surface area contributed by atoms with E-state index in [2.05, 4.69) is 0 Å². The van der Waals surface area contributed by atoms with Gasteiger partial charge in [-0.15, -0.1) is 0 Å². The van der Waals surface area contributed by atoms with Gasteiger partial charge in [-0.05, 0) is 22.3 Å². The molecule has 1 aliphatic carbocycles. The maximum absolute atomic E-state index is 13.6. The van der Waals surface area contributed by atoms with Gasteiger partial charge >= 0.3 is 12.1 Å². The fourth-order valence-corrected chi connectivity index (χ4v) is 4.90. The first-order valence-electron chi connectivity index (χ1n) is 12.2. The third kappa shape index (κ3) is 5.59. The number of carbonyl (C=O) groups excluding carboxylic acids is 2. The van der Waals surface area contributed by atoms with E-state index in [1.165, 1.54) is 21.3 Å². The fourth-order valence-electron chi connectivity index (χ4n) is 4.90. The van der Waals surface area contributed by atoms with Gasteiger partial charge in [0, 0.05) is 18.1 Å². The summed E-state index contributed by atoms with van der Waals surface area (Å²) < 4.78 is 22.0. The second-order valence-corrected chi connectivity index (χ2v) is 8.97. The summed E-state index contributed by atoms with van der Waals surface area (Å²) in [5.41, 5.74) is 9.82. The molecule has 10 nitrogen and oxygen atoms in total. The molecular weight excluding hydrogens is 504 g/mol. The Balaban J connectivity index is 1.67. The largest absolute Gasteiger partial charge is 0.496 e. The summed E-state index contributed by atoms with van der Waals surface area (Å²) in [6, 6.07) is 17.3. The second-order valence-electron chi connectivity index (χ2n) is 8.97. The number of aliphatic carboxylic acids is 1. The summed E-state index contributed by atoms with van der Waals surface area (Å²) >= 11 is 0. The number of primary amides is 1. The first-order chi connectivity index (χ1) is 18.8. The molecule has 204 valence electrons. The summed E-state index contributed by atoms with van der Waals surface area (Å²) in [5.74, 6) is -1.50. The smallest absolute Gasteiger partial charge is 0.410 e. The van der Waals surface area contributed by atoms with Gasteiger partial charge in [0.15, 0.2) is 0 Å². The molecule has 1 aliphatic rings. The number of carboxylic acids is 1. The maximum Gasteiger partial charge on any atom is 0.410 e. The van der Waals surface area contributed by atoms with Crippen molar-refractivity contribution >= 4 is 18.0 Å². The molecule has 3 aromatic rings. The van der Waals surface area contributed by atoms with Crippen molar-refractivity contribution in [3.8, 4) is 28.4 Å². The summed E-state index contributed by atoms with van der Waals surface area (Å²) in [6.07, 6.45) is -1.54. The van der Waals surface area contributed by atoms with Crippen LogP contribution in [0.1, 0.15) is 29.0 Å². The van der Waals surface area contributed by atoms with Crippen LogP contribution in [-0.2, 0) is 20.9 Å². The van der Waals surface area contributed by atoms with Crippen LogP contribution in [-0.4, -0.2) is 62.0 Å². The van der Waals surface area contributed by atoms with Crippen LogP contribution < -0.4 is 19.9 Å². The van der Waals surface area contributed by atoms with E-state index < -0.39 is 30.4 Å². The van der Waals surface area contributed by atoms with Crippen LogP contribution in [0.25, 0.3) is 11.1 Å². The number of carbonyl (C=O) groups is 3. The molecule has 10 heteroatoms. The average Bonchev–Trinajstić information content (AvgIpc) is 3.26. The number of ether oxygens (including phenoxy) is 4. The van der Waals surface area contributed by atoms with Gasteiger partial charge in [0.25, 0.3) is 0 Å². The molecule has 4 rings (SSSR count). The highest BCUT2D eigenvalue weighted by Crippen LogP contribution is 2.44. The molecule has 0 saturated carbocycles. The number of fused-ring (bicyclic) bond motifs is 3. The highest BCUT2D eigenvalue weighted by molar-refractivity contribution is 5.86. The van der Waals surface area contributed by atoms with Gasteiger partial charge in [0.05, 0.1) is 39.9 Å². The zero-order chi connectivity index (χ0) is 28.1. The van der Waals surface area contributed by atoms with Gasteiger partial charge in [-0.1, -0.05) is 48.5 Å². The summed E-state index contributed by atoms with van der Waals surface area (Å²) in [6.45, 7) is -0.333. The number of nitrogens with two attached hydrogens (primary N) is 1. The van der Waals surface area contributed by atoms with Crippen LogP contribution in [0.5, 0.6) is 17.2 Å². The van der Waals surface area contributed by atoms with Gasteiger partial charge < -0.3 is 29.8 Å². The third-order valence-electron chi connectivity index (χ3n) is 6.77.